The number of ether oxygens (including phenoxy) is 1. The number of urea groups is 1. The predicted octanol–water partition coefficient (Wildman–Crippen LogP) is 4.43. The van der Waals surface area contributed by atoms with Gasteiger partial charge in [0, 0.05) is 17.6 Å². The largest absolute Gasteiger partial charge is 0.455 e. The summed E-state index contributed by atoms with van der Waals surface area (Å²) < 4.78 is 32.3. The van der Waals surface area contributed by atoms with E-state index in [0.717, 1.165) is 22.3 Å². The van der Waals surface area contributed by atoms with E-state index in [9.17, 15) is 13.6 Å². The summed E-state index contributed by atoms with van der Waals surface area (Å²) >= 11 is 1.16. The van der Waals surface area contributed by atoms with Crippen molar-refractivity contribution in [3.05, 3.63) is 65.7 Å². The number of thiazole rings is 1. The average molecular weight is 347 g/mol. The maximum absolute atomic E-state index is 13.7. The lowest BCUT2D eigenvalue weighted by atomic mass is 10.2. The van der Waals surface area contributed by atoms with Crippen LogP contribution in [0.15, 0.2) is 54.0 Å². The molecule has 0 spiro atoms. The van der Waals surface area contributed by atoms with Crippen LogP contribution >= 0.6 is 11.3 Å². The van der Waals surface area contributed by atoms with Crippen LogP contribution in [-0.4, -0.2) is 11.0 Å². The zero-order valence-electron chi connectivity index (χ0n) is 12.1. The number of hydrogen-bond donors (Lipinski definition) is 1. The van der Waals surface area contributed by atoms with E-state index in [1.165, 1.54) is 42.6 Å². The number of nitrogens with two attached hydrogens (primary N) is 1. The molecule has 122 valence electrons. The number of benzene rings is 2. The molecule has 2 N–H and O–H groups in total. The first-order chi connectivity index (χ1) is 11.5. The second-order valence-corrected chi connectivity index (χ2v) is 5.53. The predicted molar refractivity (Wildman–Crippen MR) is 86.7 cm³/mol. The van der Waals surface area contributed by atoms with Crippen LogP contribution in [0.4, 0.5) is 24.4 Å². The van der Waals surface area contributed by atoms with Gasteiger partial charge in [0.15, 0.2) is 10.9 Å². The number of hydrogen-bond acceptors (Lipinski definition) is 4. The lowest BCUT2D eigenvalue weighted by Gasteiger charge is -2.20. The number of aromatic nitrogens is 1. The van der Waals surface area contributed by atoms with Gasteiger partial charge in [-0.15, -0.1) is 11.3 Å². The van der Waals surface area contributed by atoms with Crippen LogP contribution in [0, 0.1) is 11.6 Å². The second kappa shape index (κ2) is 6.63. The molecular formula is C16H11F2N3O2S. The van der Waals surface area contributed by atoms with E-state index < -0.39 is 17.7 Å². The monoisotopic (exact) mass is 347 g/mol. The molecule has 0 aliphatic rings. The van der Waals surface area contributed by atoms with Crippen molar-refractivity contribution in [3.63, 3.8) is 0 Å². The van der Waals surface area contributed by atoms with Crippen LogP contribution in [-0.2, 0) is 0 Å². The Morgan fingerprint density at radius 3 is 2.46 bits per heavy atom. The van der Waals surface area contributed by atoms with E-state index in [4.69, 9.17) is 10.5 Å². The van der Waals surface area contributed by atoms with Gasteiger partial charge in [0.1, 0.15) is 17.4 Å². The number of anilines is 2. The molecular weight excluding hydrogens is 336 g/mol. The molecule has 3 rings (SSSR count). The third-order valence-corrected chi connectivity index (χ3v) is 3.79. The minimum absolute atomic E-state index is 0.0989. The van der Waals surface area contributed by atoms with Crippen LogP contribution in [0.1, 0.15) is 0 Å². The molecule has 0 fully saturated rings. The Kier molecular flexibility index (Phi) is 4.39. The quantitative estimate of drug-likeness (QED) is 0.759. The summed E-state index contributed by atoms with van der Waals surface area (Å²) in [6.07, 6.45) is 1.50. The summed E-state index contributed by atoms with van der Waals surface area (Å²) in [5, 5.41) is 1.93. The van der Waals surface area contributed by atoms with Gasteiger partial charge in [0.25, 0.3) is 0 Å². The lowest BCUT2D eigenvalue weighted by Crippen LogP contribution is -2.31. The van der Waals surface area contributed by atoms with Crippen molar-refractivity contribution in [1.29, 1.82) is 0 Å². The van der Waals surface area contributed by atoms with E-state index >= 15 is 0 Å². The molecule has 0 bridgehead atoms. The number of carbonyl (C=O) groups is 1. The summed E-state index contributed by atoms with van der Waals surface area (Å²) in [5.41, 5.74) is 5.52. The first-order valence-electron chi connectivity index (χ1n) is 6.76. The summed E-state index contributed by atoms with van der Waals surface area (Å²) in [6, 6.07) is 8.11. The SMILES string of the molecule is NC(=O)N(c1nccs1)c1cc(F)ccc1Oc1ccc(F)cc1. The molecule has 8 heteroatoms. The zero-order valence-corrected chi connectivity index (χ0v) is 13.0. The topological polar surface area (TPSA) is 68.5 Å². The van der Waals surface area contributed by atoms with Gasteiger partial charge in [0.05, 0.1) is 5.69 Å². The zero-order chi connectivity index (χ0) is 17.1. The van der Waals surface area contributed by atoms with Crippen molar-refractivity contribution < 1.29 is 18.3 Å². The first kappa shape index (κ1) is 15.9. The number of rotatable bonds is 4. The summed E-state index contributed by atoms with van der Waals surface area (Å²) in [4.78, 5) is 16.9. The number of primary amides is 1. The van der Waals surface area contributed by atoms with Crippen molar-refractivity contribution in [2.24, 2.45) is 5.73 Å². The van der Waals surface area contributed by atoms with Crippen LogP contribution in [0.3, 0.4) is 0 Å². The highest BCUT2D eigenvalue weighted by molar-refractivity contribution is 7.13. The van der Waals surface area contributed by atoms with Crippen molar-refractivity contribution in [3.8, 4) is 11.5 Å². The summed E-state index contributed by atoms with van der Waals surface area (Å²) in [5.74, 6) is -0.479. The van der Waals surface area contributed by atoms with E-state index in [0.29, 0.717) is 5.75 Å². The van der Waals surface area contributed by atoms with Crippen molar-refractivity contribution >= 4 is 28.2 Å². The third-order valence-electron chi connectivity index (χ3n) is 3.03. The lowest BCUT2D eigenvalue weighted by molar-refractivity contribution is 0.256. The Morgan fingerprint density at radius 1 is 1.12 bits per heavy atom. The minimum atomic E-state index is -0.834. The van der Waals surface area contributed by atoms with Crippen LogP contribution in [0.2, 0.25) is 0 Å². The highest BCUT2D eigenvalue weighted by Crippen LogP contribution is 2.37. The second-order valence-electron chi connectivity index (χ2n) is 4.66. The van der Waals surface area contributed by atoms with Gasteiger partial charge >= 0.3 is 6.03 Å². The first-order valence-corrected chi connectivity index (χ1v) is 7.64. The maximum atomic E-state index is 13.7. The van der Waals surface area contributed by atoms with Gasteiger partial charge in [-0.25, -0.2) is 23.5 Å². The highest BCUT2D eigenvalue weighted by Gasteiger charge is 2.22. The smallest absolute Gasteiger partial charge is 0.325 e. The molecule has 2 amide bonds. The standard InChI is InChI=1S/C16H11F2N3O2S/c17-10-1-4-12(5-2-10)23-14-6-3-11(18)9-13(14)21(15(19)22)16-20-7-8-24-16/h1-9H,(H2,19,22). The number of halogens is 2. The van der Waals surface area contributed by atoms with Crippen LogP contribution in [0.25, 0.3) is 0 Å². The molecule has 3 aromatic rings. The summed E-state index contributed by atoms with van der Waals surface area (Å²) in [7, 11) is 0. The molecule has 24 heavy (non-hydrogen) atoms. The third kappa shape index (κ3) is 3.33. The molecule has 0 aliphatic carbocycles. The molecule has 5 nitrogen and oxygen atoms in total. The fourth-order valence-electron chi connectivity index (χ4n) is 2.02. The number of nitrogens with zero attached hydrogens (tertiary/aromatic N) is 2. The molecule has 0 aliphatic heterocycles. The van der Waals surface area contributed by atoms with Crippen molar-refractivity contribution in [2.45, 2.75) is 0 Å². The van der Waals surface area contributed by atoms with E-state index in [1.54, 1.807) is 5.38 Å². The van der Waals surface area contributed by atoms with E-state index in [-0.39, 0.29) is 16.6 Å². The van der Waals surface area contributed by atoms with Gasteiger partial charge < -0.3 is 10.5 Å². The van der Waals surface area contributed by atoms with Gasteiger partial charge in [0.2, 0.25) is 0 Å². The molecule has 0 atom stereocenters. The highest BCUT2D eigenvalue weighted by atomic mass is 32.1. The Labute approximate surface area is 139 Å². The molecule has 2 aromatic carbocycles. The minimum Gasteiger partial charge on any atom is -0.455 e. The molecule has 0 saturated carbocycles. The molecule has 0 saturated heterocycles. The normalized spacial score (nSPS) is 10.4. The Morgan fingerprint density at radius 2 is 1.83 bits per heavy atom. The van der Waals surface area contributed by atoms with E-state index in [1.807, 2.05) is 0 Å². The fraction of sp³-hybridized carbons (Fsp3) is 0. The molecule has 0 unspecified atom stereocenters. The average Bonchev–Trinajstić information content (AvgIpc) is 3.06. The summed E-state index contributed by atoms with van der Waals surface area (Å²) in [6.45, 7) is 0. The Balaban J connectivity index is 2.04. The van der Waals surface area contributed by atoms with Crippen LogP contribution < -0.4 is 15.4 Å². The molecule has 0 radical (unpaired) electrons. The Hall–Kier alpha value is -3.00. The molecule has 1 aromatic heterocycles. The van der Waals surface area contributed by atoms with Gasteiger partial charge in [-0.1, -0.05) is 0 Å². The number of amides is 2. The number of carbonyl (C=O) groups excluding carboxylic acids is 1. The van der Waals surface area contributed by atoms with Crippen molar-refractivity contribution in [2.75, 3.05) is 4.90 Å². The van der Waals surface area contributed by atoms with E-state index in [2.05, 4.69) is 4.98 Å². The van der Waals surface area contributed by atoms with Gasteiger partial charge in [-0.05, 0) is 36.4 Å². The van der Waals surface area contributed by atoms with Crippen LogP contribution in [0.5, 0.6) is 11.5 Å². The molecule has 1 heterocycles. The fourth-order valence-corrected chi connectivity index (χ4v) is 2.68. The van der Waals surface area contributed by atoms with Crippen molar-refractivity contribution in [1.82, 2.24) is 4.98 Å². The Bertz CT molecular complexity index is 854. The van der Waals surface area contributed by atoms with Gasteiger partial charge in [-0.2, -0.15) is 0 Å². The maximum Gasteiger partial charge on any atom is 0.325 e. The van der Waals surface area contributed by atoms with Gasteiger partial charge in [-0.3, -0.25) is 0 Å².